The monoisotopic (exact) mass is 343 g/mol. The van der Waals surface area contributed by atoms with Gasteiger partial charge in [-0.25, -0.2) is 0 Å². The van der Waals surface area contributed by atoms with Gasteiger partial charge in [0.05, 0.1) is 0 Å². The average molecular weight is 343 g/mol. The van der Waals surface area contributed by atoms with E-state index in [1.807, 2.05) is 63.2 Å². The van der Waals surface area contributed by atoms with Crippen LogP contribution in [0.4, 0.5) is 0 Å². The van der Waals surface area contributed by atoms with Gasteiger partial charge in [-0.1, -0.05) is 30.3 Å². The van der Waals surface area contributed by atoms with Gasteiger partial charge in [0.25, 0.3) is 5.91 Å². The number of ether oxygens (including phenoxy) is 2. The third kappa shape index (κ3) is 5.80. The lowest BCUT2D eigenvalue weighted by molar-refractivity contribution is -0.123. The van der Waals surface area contributed by atoms with Crippen LogP contribution < -0.4 is 14.8 Å². The molecule has 0 fully saturated rings. The Bertz CT molecular complexity index is 715. The molecule has 2 aromatic rings. The van der Waals surface area contributed by atoms with Crippen molar-refractivity contribution in [1.29, 1.82) is 0 Å². The first-order chi connectivity index (χ1) is 12.0. The molecule has 2 rings (SSSR count). The zero-order valence-electron chi connectivity index (χ0n) is 14.9. The summed E-state index contributed by atoms with van der Waals surface area (Å²) in [4.78, 5) is 11.9. The number of aryl methyl sites for hydroxylation is 2. The van der Waals surface area contributed by atoms with Crippen molar-refractivity contribution in [2.75, 3.05) is 19.8 Å². The smallest absolute Gasteiger partial charge is 0.258 e. The number of amides is 1. The molecule has 0 spiro atoms. The highest BCUT2D eigenvalue weighted by Gasteiger charge is 2.10. The number of benzene rings is 2. The van der Waals surface area contributed by atoms with Crippen molar-refractivity contribution in [2.45, 2.75) is 26.9 Å². The molecule has 1 unspecified atom stereocenters. The molecule has 5 heteroatoms. The maximum Gasteiger partial charge on any atom is 0.258 e. The lowest BCUT2D eigenvalue weighted by atomic mass is 10.1. The minimum Gasteiger partial charge on any atom is -0.491 e. The normalized spacial score (nSPS) is 11.7. The Morgan fingerprint density at radius 2 is 1.68 bits per heavy atom. The SMILES string of the molecule is Cc1ccccc1OCC(O)CNC(=O)COc1cccc(C)c1C. The highest BCUT2D eigenvalue weighted by Crippen LogP contribution is 2.20. The number of aliphatic hydroxyl groups excluding tert-OH is 1. The number of carbonyl (C=O) groups is 1. The molecule has 0 aliphatic heterocycles. The van der Waals surface area contributed by atoms with E-state index in [4.69, 9.17) is 9.47 Å². The molecule has 1 amide bonds. The van der Waals surface area contributed by atoms with E-state index >= 15 is 0 Å². The van der Waals surface area contributed by atoms with Crippen molar-refractivity contribution in [1.82, 2.24) is 5.32 Å². The number of hydrogen-bond acceptors (Lipinski definition) is 4. The Labute approximate surface area is 148 Å². The van der Waals surface area contributed by atoms with Crippen molar-refractivity contribution >= 4 is 5.91 Å². The lowest BCUT2D eigenvalue weighted by Crippen LogP contribution is -2.37. The summed E-state index contributed by atoms with van der Waals surface area (Å²) in [5, 5.41) is 12.6. The highest BCUT2D eigenvalue weighted by molar-refractivity contribution is 5.77. The molecule has 0 aliphatic carbocycles. The van der Waals surface area contributed by atoms with E-state index in [-0.39, 0.29) is 25.7 Å². The van der Waals surface area contributed by atoms with Gasteiger partial charge in [0, 0.05) is 6.54 Å². The number of hydrogen-bond donors (Lipinski definition) is 2. The van der Waals surface area contributed by atoms with Crippen molar-refractivity contribution in [3.8, 4) is 11.5 Å². The maximum absolute atomic E-state index is 11.9. The molecule has 2 aromatic carbocycles. The molecule has 0 saturated carbocycles. The van der Waals surface area contributed by atoms with Crippen LogP contribution >= 0.6 is 0 Å². The molecular weight excluding hydrogens is 318 g/mol. The molecule has 25 heavy (non-hydrogen) atoms. The number of carbonyl (C=O) groups excluding carboxylic acids is 1. The summed E-state index contributed by atoms with van der Waals surface area (Å²) < 4.78 is 11.1. The summed E-state index contributed by atoms with van der Waals surface area (Å²) in [5.41, 5.74) is 3.13. The van der Waals surface area contributed by atoms with Gasteiger partial charge in [-0.15, -0.1) is 0 Å². The number of nitrogens with one attached hydrogen (secondary N) is 1. The van der Waals surface area contributed by atoms with E-state index in [9.17, 15) is 9.90 Å². The first-order valence-electron chi connectivity index (χ1n) is 8.29. The van der Waals surface area contributed by atoms with Gasteiger partial charge in [-0.2, -0.15) is 0 Å². The Morgan fingerprint density at radius 1 is 1.00 bits per heavy atom. The number of aliphatic hydroxyl groups is 1. The predicted molar refractivity (Wildman–Crippen MR) is 97.1 cm³/mol. The third-order valence-electron chi connectivity index (χ3n) is 3.97. The topological polar surface area (TPSA) is 67.8 Å². The molecule has 134 valence electrons. The Hall–Kier alpha value is -2.53. The summed E-state index contributed by atoms with van der Waals surface area (Å²) >= 11 is 0. The van der Waals surface area contributed by atoms with Crippen LogP contribution in [-0.4, -0.2) is 36.9 Å². The quantitative estimate of drug-likeness (QED) is 0.773. The minimum absolute atomic E-state index is 0.0876. The van der Waals surface area contributed by atoms with Crippen molar-refractivity contribution in [2.24, 2.45) is 0 Å². The van der Waals surface area contributed by atoms with Crippen LogP contribution in [0.3, 0.4) is 0 Å². The predicted octanol–water partition coefficient (Wildman–Crippen LogP) is 2.55. The maximum atomic E-state index is 11.9. The third-order valence-corrected chi connectivity index (χ3v) is 3.97. The lowest BCUT2D eigenvalue weighted by Gasteiger charge is -2.15. The van der Waals surface area contributed by atoms with Crippen LogP contribution in [0.25, 0.3) is 0 Å². The molecule has 5 nitrogen and oxygen atoms in total. The van der Waals surface area contributed by atoms with Gasteiger partial charge < -0.3 is 19.9 Å². The molecule has 0 saturated heterocycles. The minimum atomic E-state index is -0.788. The second-order valence-electron chi connectivity index (χ2n) is 6.02. The summed E-state index contributed by atoms with van der Waals surface area (Å²) in [6.45, 7) is 6.02. The van der Waals surface area contributed by atoms with Gasteiger partial charge in [-0.3, -0.25) is 4.79 Å². The molecular formula is C20H25NO4. The van der Waals surface area contributed by atoms with Gasteiger partial charge in [0.2, 0.25) is 0 Å². The van der Waals surface area contributed by atoms with Gasteiger partial charge in [0.1, 0.15) is 24.2 Å². The van der Waals surface area contributed by atoms with Crippen molar-refractivity contribution in [3.05, 3.63) is 59.2 Å². The summed E-state index contributed by atoms with van der Waals surface area (Å²) in [5.74, 6) is 1.14. The molecule has 0 radical (unpaired) electrons. The van der Waals surface area contributed by atoms with Crippen LogP contribution in [0.2, 0.25) is 0 Å². The van der Waals surface area contributed by atoms with E-state index < -0.39 is 6.10 Å². The second kappa shape index (κ2) is 9.08. The standard InChI is InChI=1S/C20H25NO4/c1-14-8-6-10-19(16(14)3)25-13-20(23)21-11-17(22)12-24-18-9-5-4-7-15(18)2/h4-10,17,22H,11-13H2,1-3H3,(H,21,23). The van der Waals surface area contributed by atoms with Crippen LogP contribution in [0.15, 0.2) is 42.5 Å². The summed E-state index contributed by atoms with van der Waals surface area (Å²) in [6, 6.07) is 13.3. The fourth-order valence-electron chi connectivity index (χ4n) is 2.27. The molecule has 2 N–H and O–H groups in total. The fraction of sp³-hybridized carbons (Fsp3) is 0.350. The zero-order valence-corrected chi connectivity index (χ0v) is 14.9. The van der Waals surface area contributed by atoms with E-state index in [0.717, 1.165) is 22.4 Å². The van der Waals surface area contributed by atoms with Crippen molar-refractivity contribution in [3.63, 3.8) is 0 Å². The number of rotatable bonds is 8. The molecule has 0 aliphatic rings. The highest BCUT2D eigenvalue weighted by atomic mass is 16.5. The van der Waals surface area contributed by atoms with Crippen molar-refractivity contribution < 1.29 is 19.4 Å². The average Bonchev–Trinajstić information content (AvgIpc) is 2.60. The molecule has 1 atom stereocenters. The largest absolute Gasteiger partial charge is 0.491 e. The molecule has 0 heterocycles. The second-order valence-corrected chi connectivity index (χ2v) is 6.02. The number of para-hydroxylation sites is 1. The summed E-state index contributed by atoms with van der Waals surface area (Å²) in [6.07, 6.45) is -0.788. The van der Waals surface area contributed by atoms with Crippen LogP contribution in [0.5, 0.6) is 11.5 Å². The fourth-order valence-corrected chi connectivity index (χ4v) is 2.27. The molecule has 0 bridgehead atoms. The van der Waals surface area contributed by atoms with E-state index in [1.54, 1.807) is 0 Å². The van der Waals surface area contributed by atoms with E-state index in [2.05, 4.69) is 5.32 Å². The van der Waals surface area contributed by atoms with E-state index in [1.165, 1.54) is 0 Å². The van der Waals surface area contributed by atoms with Crippen LogP contribution in [0, 0.1) is 20.8 Å². The Balaban J connectivity index is 1.70. The van der Waals surface area contributed by atoms with Gasteiger partial charge in [-0.05, 0) is 49.6 Å². The summed E-state index contributed by atoms with van der Waals surface area (Å²) in [7, 11) is 0. The zero-order chi connectivity index (χ0) is 18.2. The first kappa shape index (κ1) is 18.8. The Kier molecular flexibility index (Phi) is 6.83. The van der Waals surface area contributed by atoms with Gasteiger partial charge in [0.15, 0.2) is 6.61 Å². The van der Waals surface area contributed by atoms with Crippen LogP contribution in [-0.2, 0) is 4.79 Å². The van der Waals surface area contributed by atoms with Gasteiger partial charge >= 0.3 is 0 Å². The Morgan fingerprint density at radius 3 is 2.44 bits per heavy atom. The first-order valence-corrected chi connectivity index (χ1v) is 8.29. The molecule has 0 aromatic heterocycles. The van der Waals surface area contributed by atoms with Crippen LogP contribution in [0.1, 0.15) is 16.7 Å². The van der Waals surface area contributed by atoms with E-state index in [0.29, 0.717) is 5.75 Å².